The van der Waals surface area contributed by atoms with Crippen molar-refractivity contribution in [1.29, 1.82) is 0 Å². The van der Waals surface area contributed by atoms with Crippen LogP contribution >= 0.6 is 0 Å². The van der Waals surface area contributed by atoms with E-state index in [-0.39, 0.29) is 18.7 Å². The van der Waals surface area contributed by atoms with Crippen LogP contribution in [0.5, 0.6) is 0 Å². The van der Waals surface area contributed by atoms with Gasteiger partial charge in [0.25, 0.3) is 0 Å². The quantitative estimate of drug-likeness (QED) is 0.838. The lowest BCUT2D eigenvalue weighted by Gasteiger charge is -2.39. The summed E-state index contributed by atoms with van der Waals surface area (Å²) in [6.45, 7) is 3.13. The highest BCUT2D eigenvalue weighted by Crippen LogP contribution is 2.25. The molecule has 1 aliphatic carbocycles. The van der Waals surface area contributed by atoms with E-state index in [0.717, 1.165) is 51.4 Å². The number of urea groups is 1. The third kappa shape index (κ3) is 3.74. The fourth-order valence-electron chi connectivity index (χ4n) is 4.41. The summed E-state index contributed by atoms with van der Waals surface area (Å²) >= 11 is 0. The first-order chi connectivity index (χ1) is 10.8. The molecule has 0 aromatic rings. The number of piperidine rings is 1. The number of hydrogen-bond acceptors (Lipinski definition) is 3. The lowest BCUT2D eigenvalue weighted by molar-refractivity contribution is 0.111. The first-order valence-electron chi connectivity index (χ1n) is 9.20. The third-order valence-electron chi connectivity index (χ3n) is 5.80. The van der Waals surface area contributed by atoms with Crippen LogP contribution in [-0.4, -0.2) is 65.3 Å². The van der Waals surface area contributed by atoms with Crippen LogP contribution in [0.4, 0.5) is 4.79 Å². The number of likely N-dealkylation sites (tertiary alicyclic amines) is 2. The summed E-state index contributed by atoms with van der Waals surface area (Å²) in [5, 5.41) is 12.5. The summed E-state index contributed by atoms with van der Waals surface area (Å²) < 4.78 is 0. The van der Waals surface area contributed by atoms with E-state index in [1.807, 2.05) is 4.90 Å². The minimum atomic E-state index is 0.0299. The minimum absolute atomic E-state index is 0.0299. The molecule has 3 rings (SSSR count). The van der Waals surface area contributed by atoms with Gasteiger partial charge in [0.1, 0.15) is 0 Å². The number of aliphatic hydroxyl groups is 1. The summed E-state index contributed by atoms with van der Waals surface area (Å²) in [5.41, 5.74) is 0. The highest BCUT2D eigenvalue weighted by molar-refractivity contribution is 5.75. The van der Waals surface area contributed by atoms with E-state index >= 15 is 0 Å². The molecule has 0 aromatic carbocycles. The summed E-state index contributed by atoms with van der Waals surface area (Å²) in [4.78, 5) is 16.8. The van der Waals surface area contributed by atoms with Crippen molar-refractivity contribution < 1.29 is 9.90 Å². The second kappa shape index (κ2) is 7.64. The molecule has 2 saturated heterocycles. The number of nitrogens with zero attached hydrogens (tertiary/aromatic N) is 2. The van der Waals surface area contributed by atoms with Gasteiger partial charge in [-0.15, -0.1) is 0 Å². The van der Waals surface area contributed by atoms with E-state index in [1.54, 1.807) is 0 Å². The van der Waals surface area contributed by atoms with Crippen LogP contribution < -0.4 is 5.32 Å². The molecule has 0 spiro atoms. The third-order valence-corrected chi connectivity index (χ3v) is 5.80. The molecule has 2 amide bonds. The largest absolute Gasteiger partial charge is 0.394 e. The zero-order valence-corrected chi connectivity index (χ0v) is 13.7. The number of amides is 2. The maximum atomic E-state index is 12.4. The molecule has 5 heteroatoms. The van der Waals surface area contributed by atoms with Crippen LogP contribution in [0.1, 0.15) is 57.8 Å². The number of rotatable bonds is 3. The van der Waals surface area contributed by atoms with Crippen molar-refractivity contribution in [1.82, 2.24) is 15.1 Å². The zero-order chi connectivity index (χ0) is 15.4. The Morgan fingerprint density at radius 2 is 1.68 bits per heavy atom. The van der Waals surface area contributed by atoms with Gasteiger partial charge in [-0.1, -0.05) is 19.3 Å². The number of nitrogens with one attached hydrogen (secondary N) is 1. The van der Waals surface area contributed by atoms with Gasteiger partial charge in [0, 0.05) is 31.7 Å². The van der Waals surface area contributed by atoms with Crippen molar-refractivity contribution in [3.63, 3.8) is 0 Å². The highest BCUT2D eigenvalue weighted by Gasteiger charge is 2.31. The van der Waals surface area contributed by atoms with Gasteiger partial charge in [0.15, 0.2) is 0 Å². The Labute approximate surface area is 134 Å². The molecule has 0 bridgehead atoms. The van der Waals surface area contributed by atoms with Crippen LogP contribution in [0.15, 0.2) is 0 Å². The van der Waals surface area contributed by atoms with E-state index < -0.39 is 0 Å². The lowest BCUT2D eigenvalue weighted by Crippen LogP contribution is -2.52. The van der Waals surface area contributed by atoms with Crippen molar-refractivity contribution in [3.05, 3.63) is 0 Å². The Morgan fingerprint density at radius 1 is 0.955 bits per heavy atom. The maximum Gasteiger partial charge on any atom is 0.317 e. The molecule has 1 saturated carbocycles. The van der Waals surface area contributed by atoms with Crippen LogP contribution in [0.3, 0.4) is 0 Å². The van der Waals surface area contributed by atoms with Crippen LogP contribution in [-0.2, 0) is 0 Å². The topological polar surface area (TPSA) is 55.8 Å². The highest BCUT2D eigenvalue weighted by atomic mass is 16.3. The predicted octanol–water partition coefficient (Wildman–Crippen LogP) is 1.95. The number of hydrogen-bond donors (Lipinski definition) is 2. The normalized spacial score (nSPS) is 29.0. The van der Waals surface area contributed by atoms with Gasteiger partial charge in [-0.25, -0.2) is 4.79 Å². The summed E-state index contributed by atoms with van der Waals surface area (Å²) in [7, 11) is 0. The van der Waals surface area contributed by atoms with E-state index in [9.17, 15) is 9.90 Å². The van der Waals surface area contributed by atoms with Crippen molar-refractivity contribution in [3.8, 4) is 0 Å². The number of carbonyl (C=O) groups is 1. The molecule has 22 heavy (non-hydrogen) atoms. The van der Waals surface area contributed by atoms with Crippen molar-refractivity contribution in [2.45, 2.75) is 75.9 Å². The molecular formula is C17H31N3O2. The maximum absolute atomic E-state index is 12.4. The molecule has 2 aliphatic heterocycles. The summed E-state index contributed by atoms with van der Waals surface area (Å²) in [6.07, 6.45) is 11.0. The molecule has 0 aromatic heterocycles. The molecule has 0 radical (unpaired) electrons. The molecule has 0 unspecified atom stereocenters. The predicted molar refractivity (Wildman–Crippen MR) is 86.8 cm³/mol. The van der Waals surface area contributed by atoms with Crippen molar-refractivity contribution >= 4 is 6.03 Å². The van der Waals surface area contributed by atoms with E-state index in [2.05, 4.69) is 10.2 Å². The smallest absolute Gasteiger partial charge is 0.317 e. The van der Waals surface area contributed by atoms with E-state index in [0.29, 0.717) is 6.04 Å². The Balaban J connectivity index is 1.42. The van der Waals surface area contributed by atoms with Crippen molar-refractivity contribution in [2.24, 2.45) is 0 Å². The standard InChI is InChI=1S/C17H31N3O2/c21-13-16-7-4-10-20(16)17(22)18-14-8-11-19(12-9-14)15-5-2-1-3-6-15/h14-16,21H,1-13H2,(H,18,22)/t16-/m1/s1. The second-order valence-electron chi connectivity index (χ2n) is 7.22. The minimum Gasteiger partial charge on any atom is -0.394 e. The Morgan fingerprint density at radius 3 is 2.36 bits per heavy atom. The van der Waals surface area contributed by atoms with Gasteiger partial charge in [-0.2, -0.15) is 0 Å². The molecule has 126 valence electrons. The Bertz CT molecular complexity index is 363. The fraction of sp³-hybridized carbons (Fsp3) is 0.941. The first-order valence-corrected chi connectivity index (χ1v) is 9.20. The van der Waals surface area contributed by atoms with Gasteiger partial charge >= 0.3 is 6.03 Å². The Hall–Kier alpha value is -0.810. The van der Waals surface area contributed by atoms with E-state index in [1.165, 1.54) is 32.1 Å². The SMILES string of the molecule is O=C(NC1CCN(C2CCCCC2)CC1)N1CCC[C@@H]1CO. The first kappa shape index (κ1) is 16.1. The van der Waals surface area contributed by atoms with Gasteiger partial charge in [-0.3, -0.25) is 0 Å². The molecule has 3 aliphatic rings. The molecule has 2 heterocycles. The molecule has 1 atom stereocenters. The second-order valence-corrected chi connectivity index (χ2v) is 7.22. The average molecular weight is 309 g/mol. The molecule has 3 fully saturated rings. The molecule has 5 nitrogen and oxygen atoms in total. The van der Waals surface area contributed by atoms with Crippen LogP contribution in [0, 0.1) is 0 Å². The van der Waals surface area contributed by atoms with Crippen LogP contribution in [0.25, 0.3) is 0 Å². The Kier molecular flexibility index (Phi) is 5.58. The number of carbonyl (C=O) groups excluding carboxylic acids is 1. The van der Waals surface area contributed by atoms with E-state index in [4.69, 9.17) is 0 Å². The zero-order valence-electron chi connectivity index (χ0n) is 13.7. The van der Waals surface area contributed by atoms with Gasteiger partial charge < -0.3 is 20.2 Å². The van der Waals surface area contributed by atoms with Gasteiger partial charge in [0.2, 0.25) is 0 Å². The monoisotopic (exact) mass is 309 g/mol. The van der Waals surface area contributed by atoms with Crippen molar-refractivity contribution in [2.75, 3.05) is 26.2 Å². The average Bonchev–Trinajstić information content (AvgIpc) is 3.05. The lowest BCUT2D eigenvalue weighted by atomic mass is 9.92. The molecule has 2 N–H and O–H groups in total. The fourth-order valence-corrected chi connectivity index (χ4v) is 4.41. The summed E-state index contributed by atoms with van der Waals surface area (Å²) in [6, 6.07) is 1.17. The van der Waals surface area contributed by atoms with Gasteiger partial charge in [-0.05, 0) is 38.5 Å². The number of aliphatic hydroxyl groups excluding tert-OH is 1. The molecular weight excluding hydrogens is 278 g/mol. The van der Waals surface area contributed by atoms with Crippen LogP contribution in [0.2, 0.25) is 0 Å². The summed E-state index contributed by atoms with van der Waals surface area (Å²) in [5.74, 6) is 0. The van der Waals surface area contributed by atoms with Gasteiger partial charge in [0.05, 0.1) is 12.6 Å².